The molecule has 19 heavy (non-hydrogen) atoms. The lowest BCUT2D eigenvalue weighted by Crippen LogP contribution is -2.05. The molecule has 2 heterocycles. The van der Waals surface area contributed by atoms with Gasteiger partial charge in [-0.1, -0.05) is 25.5 Å². The molecule has 2 aromatic rings. The van der Waals surface area contributed by atoms with Crippen molar-refractivity contribution >= 4 is 22.9 Å². The quantitative estimate of drug-likeness (QED) is 0.885. The summed E-state index contributed by atoms with van der Waals surface area (Å²) in [5.41, 5.74) is 5.42. The van der Waals surface area contributed by atoms with Crippen LogP contribution in [0.5, 0.6) is 0 Å². The Morgan fingerprint density at radius 3 is 3.00 bits per heavy atom. The lowest BCUT2D eigenvalue weighted by atomic mass is 9.99. The second kappa shape index (κ2) is 4.80. The van der Waals surface area contributed by atoms with Gasteiger partial charge in [0.2, 0.25) is 0 Å². The van der Waals surface area contributed by atoms with Gasteiger partial charge < -0.3 is 5.32 Å². The standard InChI is InChI=1S/C15H16N4/c1-3-5-11-14-10(2)6-4-7-12(14)19-15-13(18-11)8-16-9-17-15/h4,6-9H,3,5H2,1-2H3,(H,16,17,19). The van der Waals surface area contributed by atoms with E-state index < -0.39 is 0 Å². The Morgan fingerprint density at radius 2 is 2.16 bits per heavy atom. The SMILES string of the molecule is CCCC1=Nc2cncnc2Nc2cccc(C)c21. The van der Waals surface area contributed by atoms with Crippen LogP contribution in [-0.4, -0.2) is 15.7 Å². The molecular weight excluding hydrogens is 236 g/mol. The van der Waals surface area contributed by atoms with Gasteiger partial charge in [0.1, 0.15) is 12.0 Å². The molecule has 0 bridgehead atoms. The third kappa shape index (κ3) is 2.10. The van der Waals surface area contributed by atoms with Crippen molar-refractivity contribution in [3.05, 3.63) is 41.9 Å². The zero-order chi connectivity index (χ0) is 13.2. The van der Waals surface area contributed by atoms with Crippen LogP contribution in [0.3, 0.4) is 0 Å². The summed E-state index contributed by atoms with van der Waals surface area (Å²) in [5, 5.41) is 3.37. The number of rotatable bonds is 2. The number of nitrogens with zero attached hydrogens (tertiary/aromatic N) is 3. The summed E-state index contributed by atoms with van der Waals surface area (Å²) in [6, 6.07) is 6.25. The Kier molecular flexibility index (Phi) is 2.99. The van der Waals surface area contributed by atoms with E-state index in [0.29, 0.717) is 0 Å². The van der Waals surface area contributed by atoms with E-state index in [1.807, 2.05) is 0 Å². The van der Waals surface area contributed by atoms with Crippen molar-refractivity contribution in [2.45, 2.75) is 26.7 Å². The highest BCUT2D eigenvalue weighted by molar-refractivity contribution is 6.09. The maximum atomic E-state index is 4.76. The summed E-state index contributed by atoms with van der Waals surface area (Å²) in [6.45, 7) is 4.29. The summed E-state index contributed by atoms with van der Waals surface area (Å²) in [4.78, 5) is 13.1. The molecule has 0 atom stereocenters. The molecule has 96 valence electrons. The molecule has 1 N–H and O–H groups in total. The Morgan fingerprint density at radius 1 is 1.26 bits per heavy atom. The Labute approximate surface area is 112 Å². The van der Waals surface area contributed by atoms with E-state index >= 15 is 0 Å². The minimum Gasteiger partial charge on any atom is -0.338 e. The number of hydrogen-bond acceptors (Lipinski definition) is 4. The molecule has 4 heteroatoms. The second-order valence-electron chi connectivity index (χ2n) is 4.69. The molecule has 1 aliphatic rings. The molecule has 0 radical (unpaired) electrons. The van der Waals surface area contributed by atoms with E-state index in [-0.39, 0.29) is 0 Å². The summed E-state index contributed by atoms with van der Waals surface area (Å²) in [6.07, 6.45) is 5.32. The topological polar surface area (TPSA) is 50.2 Å². The van der Waals surface area contributed by atoms with Crippen molar-refractivity contribution in [3.63, 3.8) is 0 Å². The molecule has 1 aromatic carbocycles. The van der Waals surface area contributed by atoms with Crippen LogP contribution in [0.4, 0.5) is 17.2 Å². The van der Waals surface area contributed by atoms with Crippen molar-refractivity contribution in [1.82, 2.24) is 9.97 Å². The van der Waals surface area contributed by atoms with E-state index in [4.69, 9.17) is 4.99 Å². The fraction of sp³-hybridized carbons (Fsp3) is 0.267. The highest BCUT2D eigenvalue weighted by Gasteiger charge is 2.18. The Hall–Kier alpha value is -2.23. The molecule has 0 fully saturated rings. The first-order valence-corrected chi connectivity index (χ1v) is 6.54. The average molecular weight is 252 g/mol. The van der Waals surface area contributed by atoms with Crippen LogP contribution in [-0.2, 0) is 0 Å². The molecule has 1 aliphatic heterocycles. The first-order chi connectivity index (χ1) is 9.29. The van der Waals surface area contributed by atoms with Gasteiger partial charge in [0.25, 0.3) is 0 Å². The minimum absolute atomic E-state index is 0.771. The van der Waals surface area contributed by atoms with Crippen molar-refractivity contribution in [2.24, 2.45) is 4.99 Å². The highest BCUT2D eigenvalue weighted by Crippen LogP contribution is 2.34. The predicted octanol–water partition coefficient (Wildman–Crippen LogP) is 3.76. The van der Waals surface area contributed by atoms with E-state index in [1.165, 1.54) is 11.1 Å². The maximum Gasteiger partial charge on any atom is 0.159 e. The van der Waals surface area contributed by atoms with Crippen LogP contribution in [0.1, 0.15) is 30.9 Å². The Bertz CT molecular complexity index is 646. The number of hydrogen-bond donors (Lipinski definition) is 1. The minimum atomic E-state index is 0.771. The summed E-state index contributed by atoms with van der Waals surface area (Å²) < 4.78 is 0. The molecular formula is C15H16N4. The van der Waals surface area contributed by atoms with Gasteiger partial charge in [-0.3, -0.25) is 0 Å². The highest BCUT2D eigenvalue weighted by atomic mass is 15.1. The van der Waals surface area contributed by atoms with E-state index in [1.54, 1.807) is 12.5 Å². The van der Waals surface area contributed by atoms with Gasteiger partial charge in [-0.15, -0.1) is 0 Å². The average Bonchev–Trinajstić information content (AvgIpc) is 2.56. The van der Waals surface area contributed by atoms with Crippen LogP contribution in [0.15, 0.2) is 35.7 Å². The summed E-state index contributed by atoms with van der Waals surface area (Å²) in [7, 11) is 0. The summed E-state index contributed by atoms with van der Waals surface area (Å²) in [5.74, 6) is 0.771. The fourth-order valence-electron chi connectivity index (χ4n) is 2.40. The number of fused-ring (bicyclic) bond motifs is 2. The second-order valence-corrected chi connectivity index (χ2v) is 4.69. The first kappa shape index (κ1) is 11.8. The lowest BCUT2D eigenvalue weighted by molar-refractivity contribution is 0.991. The van der Waals surface area contributed by atoms with Gasteiger partial charge >= 0.3 is 0 Å². The third-order valence-corrected chi connectivity index (χ3v) is 3.25. The smallest absolute Gasteiger partial charge is 0.159 e. The van der Waals surface area contributed by atoms with Crippen molar-refractivity contribution in [1.29, 1.82) is 0 Å². The van der Waals surface area contributed by atoms with Gasteiger partial charge in [-0.05, 0) is 25.0 Å². The molecule has 0 spiro atoms. The van der Waals surface area contributed by atoms with Crippen molar-refractivity contribution in [3.8, 4) is 0 Å². The predicted molar refractivity (Wildman–Crippen MR) is 77.6 cm³/mol. The number of aromatic nitrogens is 2. The maximum absolute atomic E-state index is 4.76. The van der Waals surface area contributed by atoms with Crippen LogP contribution >= 0.6 is 0 Å². The third-order valence-electron chi connectivity index (χ3n) is 3.25. The Balaban J connectivity index is 2.24. The van der Waals surface area contributed by atoms with E-state index in [9.17, 15) is 0 Å². The van der Waals surface area contributed by atoms with Gasteiger partial charge in [-0.2, -0.15) is 0 Å². The van der Waals surface area contributed by atoms with E-state index in [0.717, 1.165) is 35.7 Å². The molecule has 0 amide bonds. The lowest BCUT2D eigenvalue weighted by Gasteiger charge is -2.12. The molecule has 0 saturated carbocycles. The van der Waals surface area contributed by atoms with Gasteiger partial charge in [0, 0.05) is 11.3 Å². The number of nitrogens with one attached hydrogen (secondary N) is 1. The zero-order valence-corrected chi connectivity index (χ0v) is 11.1. The number of aryl methyl sites for hydroxylation is 1. The van der Waals surface area contributed by atoms with Gasteiger partial charge in [0.05, 0.1) is 11.9 Å². The van der Waals surface area contributed by atoms with Crippen LogP contribution in [0.2, 0.25) is 0 Å². The molecule has 0 unspecified atom stereocenters. The molecule has 1 aromatic heterocycles. The molecule has 3 rings (SSSR count). The zero-order valence-electron chi connectivity index (χ0n) is 11.1. The van der Waals surface area contributed by atoms with E-state index in [2.05, 4.69) is 47.3 Å². The largest absolute Gasteiger partial charge is 0.338 e. The van der Waals surface area contributed by atoms with Crippen LogP contribution in [0, 0.1) is 6.92 Å². The van der Waals surface area contributed by atoms with Gasteiger partial charge in [0.15, 0.2) is 5.82 Å². The van der Waals surface area contributed by atoms with Gasteiger partial charge in [-0.25, -0.2) is 15.0 Å². The summed E-state index contributed by atoms with van der Waals surface area (Å²) >= 11 is 0. The number of aliphatic imine (C=N–C) groups is 1. The van der Waals surface area contributed by atoms with Crippen LogP contribution < -0.4 is 5.32 Å². The first-order valence-electron chi connectivity index (χ1n) is 6.54. The molecule has 0 saturated heterocycles. The monoisotopic (exact) mass is 252 g/mol. The van der Waals surface area contributed by atoms with Crippen molar-refractivity contribution in [2.75, 3.05) is 5.32 Å². The van der Waals surface area contributed by atoms with Crippen LogP contribution in [0.25, 0.3) is 0 Å². The van der Waals surface area contributed by atoms with Crippen molar-refractivity contribution < 1.29 is 0 Å². The number of anilines is 2. The normalized spacial score (nSPS) is 12.8. The molecule has 0 aliphatic carbocycles. The number of benzene rings is 1. The fourth-order valence-corrected chi connectivity index (χ4v) is 2.40. The molecule has 4 nitrogen and oxygen atoms in total.